The van der Waals surface area contributed by atoms with Gasteiger partial charge in [-0.25, -0.2) is 0 Å². The van der Waals surface area contributed by atoms with Crippen LogP contribution in [0.15, 0.2) is 47.6 Å². The van der Waals surface area contributed by atoms with E-state index in [-0.39, 0.29) is 24.0 Å². The van der Waals surface area contributed by atoms with Gasteiger partial charge >= 0.3 is 0 Å². The molecule has 0 spiro atoms. The van der Waals surface area contributed by atoms with Crippen LogP contribution < -0.4 is 20.1 Å². The van der Waals surface area contributed by atoms with E-state index in [1.54, 1.807) is 37.6 Å². The molecule has 1 aliphatic carbocycles. The van der Waals surface area contributed by atoms with E-state index in [9.17, 15) is 9.59 Å². The number of hydrazone groups is 1. The molecule has 1 saturated heterocycles. The average Bonchev–Trinajstić information content (AvgIpc) is 3.37. The SMILES string of the molecule is COc1ccc(/C=N/N2CCCC[C@@H]2C(=O)Nc2ccc(NC(C)=O)cc2)cc1OC1CCCC1. The van der Waals surface area contributed by atoms with Gasteiger partial charge in [0.15, 0.2) is 11.5 Å². The maximum absolute atomic E-state index is 13.0. The summed E-state index contributed by atoms with van der Waals surface area (Å²) in [5.41, 5.74) is 2.27. The molecule has 1 atom stereocenters. The molecule has 8 heteroatoms. The highest BCUT2D eigenvalue weighted by Crippen LogP contribution is 2.32. The number of amides is 2. The molecule has 0 radical (unpaired) electrons. The van der Waals surface area contributed by atoms with E-state index in [0.717, 1.165) is 50.0 Å². The quantitative estimate of drug-likeness (QED) is 0.532. The summed E-state index contributed by atoms with van der Waals surface area (Å²) in [5, 5.41) is 12.2. The Labute approximate surface area is 206 Å². The Morgan fingerprint density at radius 3 is 2.31 bits per heavy atom. The van der Waals surface area contributed by atoms with Crippen LogP contribution in [0.1, 0.15) is 57.4 Å². The first kappa shape index (κ1) is 24.6. The van der Waals surface area contributed by atoms with Crippen LogP contribution in [-0.2, 0) is 9.59 Å². The van der Waals surface area contributed by atoms with Crippen LogP contribution in [0.4, 0.5) is 11.4 Å². The van der Waals surface area contributed by atoms with Crippen LogP contribution in [0.2, 0.25) is 0 Å². The van der Waals surface area contributed by atoms with Crippen molar-refractivity contribution in [2.45, 2.75) is 64.0 Å². The first-order chi connectivity index (χ1) is 17.0. The molecule has 2 amide bonds. The summed E-state index contributed by atoms with van der Waals surface area (Å²) in [7, 11) is 1.65. The van der Waals surface area contributed by atoms with Crippen LogP contribution >= 0.6 is 0 Å². The van der Waals surface area contributed by atoms with Crippen LogP contribution in [0.5, 0.6) is 11.5 Å². The van der Waals surface area contributed by atoms with Gasteiger partial charge < -0.3 is 20.1 Å². The lowest BCUT2D eigenvalue weighted by Gasteiger charge is -2.32. The number of rotatable bonds is 8. The van der Waals surface area contributed by atoms with E-state index in [4.69, 9.17) is 9.47 Å². The van der Waals surface area contributed by atoms with E-state index in [2.05, 4.69) is 15.7 Å². The monoisotopic (exact) mass is 478 g/mol. The molecule has 186 valence electrons. The molecule has 2 N–H and O–H groups in total. The van der Waals surface area contributed by atoms with Crippen molar-refractivity contribution in [1.29, 1.82) is 0 Å². The molecule has 35 heavy (non-hydrogen) atoms. The Bertz CT molecular complexity index is 1050. The minimum Gasteiger partial charge on any atom is -0.493 e. The molecule has 4 rings (SSSR count). The van der Waals surface area contributed by atoms with Crippen LogP contribution in [-0.4, -0.2) is 48.8 Å². The zero-order valence-electron chi connectivity index (χ0n) is 20.5. The molecule has 2 fully saturated rings. The number of carbonyl (C=O) groups excluding carboxylic acids is 2. The zero-order chi connectivity index (χ0) is 24.6. The highest BCUT2D eigenvalue weighted by atomic mass is 16.5. The largest absolute Gasteiger partial charge is 0.493 e. The van der Waals surface area contributed by atoms with Gasteiger partial charge in [-0.2, -0.15) is 5.10 Å². The van der Waals surface area contributed by atoms with Gasteiger partial charge in [-0.3, -0.25) is 14.6 Å². The molecule has 1 aliphatic heterocycles. The smallest absolute Gasteiger partial charge is 0.248 e. The molecule has 2 aromatic carbocycles. The molecule has 0 unspecified atom stereocenters. The van der Waals surface area contributed by atoms with Crippen molar-refractivity contribution in [2.24, 2.45) is 5.10 Å². The standard InChI is InChI=1S/C27H34N4O4/c1-19(32)29-21-11-13-22(14-12-21)30-27(33)24-9-5-6-16-31(24)28-18-20-10-15-25(34-2)26(17-20)35-23-7-3-4-8-23/h10-15,17-18,23-24H,3-9,16H2,1-2H3,(H,29,32)(H,30,33)/b28-18+/t24-/m1/s1. The fourth-order valence-electron chi connectivity index (χ4n) is 4.58. The lowest BCUT2D eigenvalue weighted by Crippen LogP contribution is -2.44. The molecule has 8 nitrogen and oxygen atoms in total. The van der Waals surface area contributed by atoms with Gasteiger partial charge in [0.1, 0.15) is 6.04 Å². The van der Waals surface area contributed by atoms with Crippen molar-refractivity contribution in [3.8, 4) is 11.5 Å². The van der Waals surface area contributed by atoms with E-state index in [1.165, 1.54) is 19.8 Å². The topological polar surface area (TPSA) is 92.3 Å². The van der Waals surface area contributed by atoms with Gasteiger partial charge in [-0.1, -0.05) is 0 Å². The Hall–Kier alpha value is -3.55. The summed E-state index contributed by atoms with van der Waals surface area (Å²) >= 11 is 0. The Morgan fingerprint density at radius 2 is 1.63 bits per heavy atom. The molecule has 1 saturated carbocycles. The summed E-state index contributed by atoms with van der Waals surface area (Å²) < 4.78 is 11.7. The number of hydrogen-bond acceptors (Lipinski definition) is 6. The second kappa shape index (κ2) is 11.7. The van der Waals surface area contributed by atoms with E-state index >= 15 is 0 Å². The minimum atomic E-state index is -0.345. The van der Waals surface area contributed by atoms with Crippen LogP contribution in [0.3, 0.4) is 0 Å². The number of ether oxygens (including phenoxy) is 2. The maximum atomic E-state index is 13.0. The van der Waals surface area contributed by atoms with Gasteiger partial charge in [0.05, 0.1) is 19.4 Å². The molecule has 2 aromatic rings. The van der Waals surface area contributed by atoms with Crippen molar-refractivity contribution in [2.75, 3.05) is 24.3 Å². The lowest BCUT2D eigenvalue weighted by atomic mass is 10.0. The zero-order valence-corrected chi connectivity index (χ0v) is 20.5. The number of nitrogens with one attached hydrogen (secondary N) is 2. The van der Waals surface area contributed by atoms with E-state index in [1.807, 2.05) is 23.2 Å². The Morgan fingerprint density at radius 1 is 0.943 bits per heavy atom. The second-order valence-electron chi connectivity index (χ2n) is 9.10. The average molecular weight is 479 g/mol. The summed E-state index contributed by atoms with van der Waals surface area (Å²) in [6.45, 7) is 2.18. The predicted octanol–water partition coefficient (Wildman–Crippen LogP) is 4.80. The number of piperidine rings is 1. The summed E-state index contributed by atoms with van der Waals surface area (Å²) in [4.78, 5) is 24.2. The predicted molar refractivity (Wildman–Crippen MR) is 137 cm³/mol. The van der Waals surface area contributed by atoms with Gasteiger partial charge in [-0.15, -0.1) is 0 Å². The third-order valence-electron chi connectivity index (χ3n) is 6.39. The Kier molecular flexibility index (Phi) is 8.23. The Balaban J connectivity index is 1.42. The summed E-state index contributed by atoms with van der Waals surface area (Å²) in [6.07, 6.45) is 9.28. The molecule has 0 bridgehead atoms. The van der Waals surface area contributed by atoms with Crippen molar-refractivity contribution in [3.05, 3.63) is 48.0 Å². The minimum absolute atomic E-state index is 0.0888. The lowest BCUT2D eigenvalue weighted by molar-refractivity contribution is -0.122. The van der Waals surface area contributed by atoms with Crippen molar-refractivity contribution >= 4 is 29.4 Å². The number of nitrogens with zero attached hydrogens (tertiary/aromatic N) is 2. The van der Waals surface area contributed by atoms with Gasteiger partial charge in [0.25, 0.3) is 0 Å². The summed E-state index contributed by atoms with van der Waals surface area (Å²) in [6, 6.07) is 12.5. The number of methoxy groups -OCH3 is 1. The maximum Gasteiger partial charge on any atom is 0.248 e. The normalized spacial score (nSPS) is 18.5. The molecule has 2 aliphatic rings. The first-order valence-electron chi connectivity index (χ1n) is 12.4. The third kappa shape index (κ3) is 6.74. The number of hydrogen-bond donors (Lipinski definition) is 2. The number of anilines is 2. The molecule has 1 heterocycles. The fraction of sp³-hybridized carbons (Fsp3) is 0.444. The molecule has 0 aromatic heterocycles. The number of benzene rings is 2. The summed E-state index contributed by atoms with van der Waals surface area (Å²) in [5.74, 6) is 1.23. The fourth-order valence-corrected chi connectivity index (χ4v) is 4.58. The van der Waals surface area contributed by atoms with Crippen molar-refractivity contribution < 1.29 is 19.1 Å². The van der Waals surface area contributed by atoms with Gasteiger partial charge in [0, 0.05) is 24.8 Å². The second-order valence-corrected chi connectivity index (χ2v) is 9.10. The highest BCUT2D eigenvalue weighted by Gasteiger charge is 2.28. The van der Waals surface area contributed by atoms with Crippen LogP contribution in [0.25, 0.3) is 0 Å². The van der Waals surface area contributed by atoms with E-state index < -0.39 is 0 Å². The molecular formula is C27H34N4O4. The highest BCUT2D eigenvalue weighted by molar-refractivity contribution is 5.95. The van der Waals surface area contributed by atoms with Crippen LogP contribution in [0, 0.1) is 0 Å². The first-order valence-corrected chi connectivity index (χ1v) is 12.4. The van der Waals surface area contributed by atoms with Gasteiger partial charge in [-0.05, 0) is 93.0 Å². The molecular weight excluding hydrogens is 444 g/mol. The van der Waals surface area contributed by atoms with Gasteiger partial charge in [0.2, 0.25) is 11.8 Å². The van der Waals surface area contributed by atoms with Crippen molar-refractivity contribution in [1.82, 2.24) is 5.01 Å². The third-order valence-corrected chi connectivity index (χ3v) is 6.39. The number of carbonyl (C=O) groups is 2. The van der Waals surface area contributed by atoms with Crippen molar-refractivity contribution in [3.63, 3.8) is 0 Å². The van der Waals surface area contributed by atoms with E-state index in [0.29, 0.717) is 17.1 Å².